The van der Waals surface area contributed by atoms with Crippen molar-refractivity contribution in [1.29, 1.82) is 0 Å². The van der Waals surface area contributed by atoms with E-state index >= 15 is 0 Å². The van der Waals surface area contributed by atoms with Crippen LogP contribution in [0.3, 0.4) is 0 Å². The summed E-state index contributed by atoms with van der Waals surface area (Å²) in [6.45, 7) is 6.64. The van der Waals surface area contributed by atoms with E-state index in [9.17, 15) is 0 Å². The Labute approximate surface area is 120 Å². The summed E-state index contributed by atoms with van der Waals surface area (Å²) in [7, 11) is 0. The second kappa shape index (κ2) is 8.76. The standard InChI is InChI=1S/C14H21Cl2NO/c1-3-4-8-18-9-7-17-11(2)13-6-5-12(15)10-14(13)16/h5-6,10-11,17H,3-4,7-9H2,1-2H3. The van der Waals surface area contributed by atoms with E-state index in [-0.39, 0.29) is 6.04 Å². The minimum atomic E-state index is 0.199. The van der Waals surface area contributed by atoms with Crippen LogP contribution in [0.5, 0.6) is 0 Å². The van der Waals surface area contributed by atoms with Gasteiger partial charge in [-0.3, -0.25) is 0 Å². The van der Waals surface area contributed by atoms with Crippen LogP contribution in [0.2, 0.25) is 10.0 Å². The van der Waals surface area contributed by atoms with Crippen molar-refractivity contribution >= 4 is 23.2 Å². The highest BCUT2D eigenvalue weighted by Gasteiger charge is 2.08. The normalized spacial score (nSPS) is 12.7. The van der Waals surface area contributed by atoms with Crippen molar-refractivity contribution in [2.45, 2.75) is 32.7 Å². The Kier molecular flexibility index (Phi) is 7.68. The lowest BCUT2D eigenvalue weighted by molar-refractivity contribution is 0.131. The second-order valence-electron chi connectivity index (χ2n) is 4.31. The van der Waals surface area contributed by atoms with Gasteiger partial charge in [0.2, 0.25) is 0 Å². The van der Waals surface area contributed by atoms with Gasteiger partial charge in [0.1, 0.15) is 0 Å². The van der Waals surface area contributed by atoms with Gasteiger partial charge in [0.25, 0.3) is 0 Å². The maximum atomic E-state index is 6.15. The van der Waals surface area contributed by atoms with Gasteiger partial charge in [0, 0.05) is 29.2 Å². The molecule has 4 heteroatoms. The molecule has 1 unspecified atom stereocenters. The molecule has 1 N–H and O–H groups in total. The zero-order valence-electron chi connectivity index (χ0n) is 11.0. The van der Waals surface area contributed by atoms with E-state index in [0.29, 0.717) is 10.0 Å². The number of hydrogen-bond donors (Lipinski definition) is 1. The monoisotopic (exact) mass is 289 g/mol. The van der Waals surface area contributed by atoms with Crippen LogP contribution in [0, 0.1) is 0 Å². The topological polar surface area (TPSA) is 21.3 Å². The van der Waals surface area contributed by atoms with Crippen molar-refractivity contribution in [3.63, 3.8) is 0 Å². The zero-order chi connectivity index (χ0) is 13.4. The first kappa shape index (κ1) is 15.8. The van der Waals surface area contributed by atoms with Crippen molar-refractivity contribution in [2.75, 3.05) is 19.8 Å². The fourth-order valence-electron chi connectivity index (χ4n) is 1.66. The maximum absolute atomic E-state index is 6.15. The van der Waals surface area contributed by atoms with Crippen LogP contribution in [-0.2, 0) is 4.74 Å². The van der Waals surface area contributed by atoms with Crippen LogP contribution in [0.1, 0.15) is 38.3 Å². The molecule has 0 heterocycles. The predicted molar refractivity (Wildman–Crippen MR) is 78.6 cm³/mol. The third kappa shape index (κ3) is 5.57. The van der Waals surface area contributed by atoms with Crippen molar-refractivity contribution in [3.05, 3.63) is 33.8 Å². The lowest BCUT2D eigenvalue weighted by Crippen LogP contribution is -2.23. The molecule has 0 spiro atoms. The van der Waals surface area contributed by atoms with Gasteiger partial charge in [0.15, 0.2) is 0 Å². The number of benzene rings is 1. The Hall–Kier alpha value is -0.280. The van der Waals surface area contributed by atoms with Crippen LogP contribution in [0.25, 0.3) is 0 Å². The van der Waals surface area contributed by atoms with Gasteiger partial charge in [0.05, 0.1) is 6.61 Å². The quantitative estimate of drug-likeness (QED) is 0.714. The van der Waals surface area contributed by atoms with Crippen molar-refractivity contribution in [1.82, 2.24) is 5.32 Å². The molecule has 0 aromatic heterocycles. The molecule has 1 aromatic rings. The van der Waals surface area contributed by atoms with Crippen molar-refractivity contribution < 1.29 is 4.74 Å². The van der Waals surface area contributed by atoms with E-state index in [1.54, 1.807) is 6.07 Å². The number of nitrogens with one attached hydrogen (secondary N) is 1. The number of ether oxygens (including phenoxy) is 1. The second-order valence-corrected chi connectivity index (χ2v) is 5.15. The molecule has 18 heavy (non-hydrogen) atoms. The Morgan fingerprint density at radius 3 is 2.72 bits per heavy atom. The first-order valence-electron chi connectivity index (χ1n) is 6.41. The Morgan fingerprint density at radius 1 is 1.28 bits per heavy atom. The molecule has 0 saturated carbocycles. The molecule has 0 aliphatic heterocycles. The van der Waals surface area contributed by atoms with Crippen LogP contribution < -0.4 is 5.32 Å². The molecule has 1 atom stereocenters. The van der Waals surface area contributed by atoms with Gasteiger partial charge in [-0.15, -0.1) is 0 Å². The molecular weight excluding hydrogens is 269 g/mol. The SMILES string of the molecule is CCCCOCCNC(C)c1ccc(Cl)cc1Cl. The van der Waals surface area contributed by atoms with Crippen molar-refractivity contribution in [2.24, 2.45) is 0 Å². The summed E-state index contributed by atoms with van der Waals surface area (Å²) >= 11 is 12.0. The molecule has 0 amide bonds. The van der Waals surface area contributed by atoms with Gasteiger partial charge >= 0.3 is 0 Å². The maximum Gasteiger partial charge on any atom is 0.0591 e. The molecule has 0 aliphatic carbocycles. The Balaban J connectivity index is 2.29. The van der Waals surface area contributed by atoms with E-state index < -0.39 is 0 Å². The highest BCUT2D eigenvalue weighted by Crippen LogP contribution is 2.25. The molecular formula is C14H21Cl2NO. The molecule has 1 aromatic carbocycles. The molecule has 1 rings (SSSR count). The van der Waals surface area contributed by atoms with E-state index in [0.717, 1.165) is 31.7 Å². The molecule has 0 bridgehead atoms. The minimum Gasteiger partial charge on any atom is -0.380 e. The number of hydrogen-bond acceptors (Lipinski definition) is 2. The Bertz CT molecular complexity index is 358. The summed E-state index contributed by atoms with van der Waals surface area (Å²) < 4.78 is 5.49. The van der Waals surface area contributed by atoms with Gasteiger partial charge in [-0.05, 0) is 31.0 Å². The van der Waals surface area contributed by atoms with Gasteiger partial charge < -0.3 is 10.1 Å². The average Bonchev–Trinajstić information content (AvgIpc) is 2.33. The first-order valence-corrected chi connectivity index (χ1v) is 7.16. The number of halogens is 2. The predicted octanol–water partition coefficient (Wildman–Crippen LogP) is 4.46. The molecule has 0 radical (unpaired) electrons. The van der Waals surface area contributed by atoms with E-state index in [1.165, 1.54) is 6.42 Å². The summed E-state index contributed by atoms with van der Waals surface area (Å²) in [5.41, 5.74) is 1.06. The third-order valence-electron chi connectivity index (χ3n) is 2.77. The van der Waals surface area contributed by atoms with Crippen LogP contribution in [0.15, 0.2) is 18.2 Å². The van der Waals surface area contributed by atoms with E-state index in [1.807, 2.05) is 12.1 Å². The van der Waals surface area contributed by atoms with E-state index in [2.05, 4.69) is 19.2 Å². The molecule has 2 nitrogen and oxygen atoms in total. The summed E-state index contributed by atoms with van der Waals surface area (Å²) in [5.74, 6) is 0. The van der Waals surface area contributed by atoms with Gasteiger partial charge in [-0.25, -0.2) is 0 Å². The smallest absolute Gasteiger partial charge is 0.0591 e. The molecule has 0 fully saturated rings. The summed E-state index contributed by atoms with van der Waals surface area (Å²) in [6, 6.07) is 5.79. The number of unbranched alkanes of at least 4 members (excludes halogenated alkanes) is 1. The van der Waals surface area contributed by atoms with Gasteiger partial charge in [-0.1, -0.05) is 42.6 Å². The Morgan fingerprint density at radius 2 is 2.06 bits per heavy atom. The zero-order valence-corrected chi connectivity index (χ0v) is 12.5. The largest absolute Gasteiger partial charge is 0.380 e. The van der Waals surface area contributed by atoms with Crippen LogP contribution >= 0.6 is 23.2 Å². The van der Waals surface area contributed by atoms with E-state index in [4.69, 9.17) is 27.9 Å². The fraction of sp³-hybridized carbons (Fsp3) is 0.571. The molecule has 0 saturated heterocycles. The fourth-order valence-corrected chi connectivity index (χ4v) is 2.23. The van der Waals surface area contributed by atoms with Crippen molar-refractivity contribution in [3.8, 4) is 0 Å². The molecule has 102 valence electrons. The lowest BCUT2D eigenvalue weighted by atomic mass is 10.1. The minimum absolute atomic E-state index is 0.199. The first-order chi connectivity index (χ1) is 8.65. The average molecular weight is 290 g/mol. The van der Waals surface area contributed by atoms with Crippen LogP contribution in [0.4, 0.5) is 0 Å². The highest BCUT2D eigenvalue weighted by atomic mass is 35.5. The number of rotatable bonds is 8. The lowest BCUT2D eigenvalue weighted by Gasteiger charge is -2.16. The summed E-state index contributed by atoms with van der Waals surface area (Å²) in [6.07, 6.45) is 2.29. The highest BCUT2D eigenvalue weighted by molar-refractivity contribution is 6.35. The third-order valence-corrected chi connectivity index (χ3v) is 3.33. The molecule has 0 aliphatic rings. The summed E-state index contributed by atoms with van der Waals surface area (Å²) in [4.78, 5) is 0. The summed E-state index contributed by atoms with van der Waals surface area (Å²) in [5, 5.41) is 4.75. The van der Waals surface area contributed by atoms with Gasteiger partial charge in [-0.2, -0.15) is 0 Å². The van der Waals surface area contributed by atoms with Crippen LogP contribution in [-0.4, -0.2) is 19.8 Å².